The Morgan fingerprint density at radius 1 is 1.30 bits per heavy atom. The summed E-state index contributed by atoms with van der Waals surface area (Å²) in [5.74, 6) is -1.23. The number of carboxylic acid groups (broad SMARTS) is 1. The lowest BCUT2D eigenvalue weighted by Crippen LogP contribution is -2.40. The molecule has 1 aromatic rings. The van der Waals surface area contributed by atoms with Gasteiger partial charge in [-0.1, -0.05) is 13.0 Å². The van der Waals surface area contributed by atoms with Crippen molar-refractivity contribution in [2.24, 2.45) is 0 Å². The van der Waals surface area contributed by atoms with Gasteiger partial charge in [0.05, 0.1) is 29.7 Å². The van der Waals surface area contributed by atoms with Gasteiger partial charge in [-0.25, -0.2) is 17.9 Å². The molecule has 7 nitrogen and oxygen atoms in total. The number of carbonyl (C=O) groups is 1. The van der Waals surface area contributed by atoms with E-state index in [0.717, 1.165) is 6.07 Å². The molecule has 0 fully saturated rings. The van der Waals surface area contributed by atoms with Crippen molar-refractivity contribution in [3.63, 3.8) is 0 Å². The van der Waals surface area contributed by atoms with Gasteiger partial charge in [0.1, 0.15) is 0 Å². The van der Waals surface area contributed by atoms with Gasteiger partial charge in [0, 0.05) is 0 Å². The van der Waals surface area contributed by atoms with Crippen LogP contribution < -0.4 is 4.72 Å². The van der Waals surface area contributed by atoms with Crippen molar-refractivity contribution in [3.8, 4) is 0 Å². The number of sulfonamides is 1. The van der Waals surface area contributed by atoms with Crippen LogP contribution in [-0.2, 0) is 16.4 Å². The van der Waals surface area contributed by atoms with E-state index in [1.807, 2.05) is 0 Å². The maximum Gasteiger partial charge on any atom is 0.335 e. The minimum atomic E-state index is -4.02. The standard InChI is InChI=1S/C12H17NO6S/c1-2-8-3-4-9(12(16)17)5-11(8)20(18,19)13-10(6-14)7-15/h3-5,10,13-15H,2,6-7H2,1H3,(H,16,17). The van der Waals surface area contributed by atoms with Crippen molar-refractivity contribution in [2.45, 2.75) is 24.3 Å². The van der Waals surface area contributed by atoms with Gasteiger partial charge >= 0.3 is 5.97 Å². The number of benzene rings is 1. The van der Waals surface area contributed by atoms with Crippen LogP contribution in [0.5, 0.6) is 0 Å². The molecule has 112 valence electrons. The molecule has 1 rings (SSSR count). The number of nitrogens with one attached hydrogen (secondary N) is 1. The van der Waals surface area contributed by atoms with Crippen LogP contribution in [0.25, 0.3) is 0 Å². The van der Waals surface area contributed by atoms with Crippen molar-refractivity contribution >= 4 is 16.0 Å². The molecule has 0 saturated carbocycles. The first-order valence-corrected chi connectivity index (χ1v) is 7.44. The molecular weight excluding hydrogens is 286 g/mol. The van der Waals surface area contributed by atoms with Crippen LogP contribution in [0.2, 0.25) is 0 Å². The highest BCUT2D eigenvalue weighted by Gasteiger charge is 2.23. The van der Waals surface area contributed by atoms with Gasteiger partial charge < -0.3 is 15.3 Å². The number of hydrogen-bond acceptors (Lipinski definition) is 5. The molecule has 1 aromatic carbocycles. The zero-order valence-electron chi connectivity index (χ0n) is 10.9. The lowest BCUT2D eigenvalue weighted by atomic mass is 10.1. The van der Waals surface area contributed by atoms with Gasteiger partial charge in [0.25, 0.3) is 0 Å². The molecule has 0 saturated heterocycles. The van der Waals surface area contributed by atoms with Crippen molar-refractivity contribution in [1.29, 1.82) is 0 Å². The van der Waals surface area contributed by atoms with Gasteiger partial charge in [-0.2, -0.15) is 0 Å². The quantitative estimate of drug-likeness (QED) is 0.542. The SMILES string of the molecule is CCc1ccc(C(=O)O)cc1S(=O)(=O)NC(CO)CO. The molecule has 0 amide bonds. The number of carboxylic acids is 1. The van der Waals surface area contributed by atoms with Crippen LogP contribution in [0.4, 0.5) is 0 Å². The van der Waals surface area contributed by atoms with E-state index in [-0.39, 0.29) is 10.5 Å². The molecule has 0 spiro atoms. The van der Waals surface area contributed by atoms with Gasteiger partial charge in [0.15, 0.2) is 0 Å². The number of aryl methyl sites for hydroxylation is 1. The van der Waals surface area contributed by atoms with E-state index in [1.54, 1.807) is 6.92 Å². The molecule has 4 N–H and O–H groups in total. The second-order valence-corrected chi connectivity index (χ2v) is 5.85. The maximum atomic E-state index is 12.2. The fourth-order valence-electron chi connectivity index (χ4n) is 1.64. The lowest BCUT2D eigenvalue weighted by molar-refractivity contribution is 0.0696. The molecule has 0 heterocycles. The summed E-state index contributed by atoms with van der Waals surface area (Å²) in [6, 6.07) is 2.80. The highest BCUT2D eigenvalue weighted by Crippen LogP contribution is 2.19. The second-order valence-electron chi connectivity index (χ2n) is 4.16. The van der Waals surface area contributed by atoms with Gasteiger partial charge in [-0.3, -0.25) is 0 Å². The van der Waals surface area contributed by atoms with Crippen molar-refractivity contribution in [3.05, 3.63) is 29.3 Å². The number of rotatable bonds is 7. The fourth-order valence-corrected chi connectivity index (χ4v) is 3.20. The van der Waals surface area contributed by atoms with Crippen LogP contribution in [0.15, 0.2) is 23.1 Å². The molecule has 0 bridgehead atoms. The average Bonchev–Trinajstić information content (AvgIpc) is 2.43. The van der Waals surface area contributed by atoms with Crippen LogP contribution in [0.1, 0.15) is 22.8 Å². The first-order valence-electron chi connectivity index (χ1n) is 5.96. The van der Waals surface area contributed by atoms with Crippen LogP contribution >= 0.6 is 0 Å². The predicted molar refractivity (Wildman–Crippen MR) is 71.1 cm³/mol. The van der Waals surface area contributed by atoms with E-state index in [1.165, 1.54) is 12.1 Å². The first kappa shape index (κ1) is 16.6. The highest BCUT2D eigenvalue weighted by molar-refractivity contribution is 7.89. The van der Waals surface area contributed by atoms with E-state index in [0.29, 0.717) is 12.0 Å². The van der Waals surface area contributed by atoms with Crippen molar-refractivity contribution in [1.82, 2.24) is 4.72 Å². The molecule has 8 heteroatoms. The molecular formula is C12H17NO6S. The summed E-state index contributed by atoms with van der Waals surface area (Å²) in [4.78, 5) is 10.8. The summed E-state index contributed by atoms with van der Waals surface area (Å²) in [6.45, 7) is 0.621. The summed E-state index contributed by atoms with van der Waals surface area (Å²) in [6.07, 6.45) is 0.402. The third-order valence-electron chi connectivity index (χ3n) is 2.75. The third kappa shape index (κ3) is 3.76. The van der Waals surface area contributed by atoms with E-state index in [9.17, 15) is 13.2 Å². The number of aliphatic hydroxyl groups is 2. The molecule has 0 aliphatic heterocycles. The predicted octanol–water partition coefficient (Wildman–Crippen LogP) is -0.421. The molecule has 0 atom stereocenters. The zero-order chi connectivity index (χ0) is 15.3. The van der Waals surface area contributed by atoms with Gasteiger partial charge in [-0.15, -0.1) is 0 Å². The van der Waals surface area contributed by atoms with Crippen molar-refractivity contribution in [2.75, 3.05) is 13.2 Å². The topological polar surface area (TPSA) is 124 Å². The first-order chi connectivity index (χ1) is 9.35. The van der Waals surface area contributed by atoms with Crippen molar-refractivity contribution < 1.29 is 28.5 Å². The Morgan fingerprint density at radius 3 is 2.35 bits per heavy atom. The van der Waals surface area contributed by atoms with Crippen LogP contribution in [0.3, 0.4) is 0 Å². The third-order valence-corrected chi connectivity index (χ3v) is 4.35. The second kappa shape index (κ2) is 6.80. The zero-order valence-corrected chi connectivity index (χ0v) is 11.7. The summed E-state index contributed by atoms with van der Waals surface area (Å²) >= 11 is 0. The number of hydrogen-bond donors (Lipinski definition) is 4. The van der Waals surface area contributed by atoms with Gasteiger partial charge in [0.2, 0.25) is 10.0 Å². The molecule has 0 aromatic heterocycles. The molecule has 20 heavy (non-hydrogen) atoms. The maximum absolute atomic E-state index is 12.2. The minimum absolute atomic E-state index is 0.146. The fraction of sp³-hybridized carbons (Fsp3) is 0.417. The molecule has 0 radical (unpaired) electrons. The monoisotopic (exact) mass is 303 g/mol. The molecule has 0 unspecified atom stereocenters. The molecule has 0 aliphatic rings. The van der Waals surface area contributed by atoms with Gasteiger partial charge in [-0.05, 0) is 24.1 Å². The van der Waals surface area contributed by atoms with Crippen LogP contribution in [0, 0.1) is 0 Å². The Morgan fingerprint density at radius 2 is 1.90 bits per heavy atom. The highest BCUT2D eigenvalue weighted by atomic mass is 32.2. The van der Waals surface area contributed by atoms with E-state index in [2.05, 4.69) is 4.72 Å². The largest absolute Gasteiger partial charge is 0.478 e. The Bertz CT molecular complexity index is 580. The van der Waals surface area contributed by atoms with Crippen LogP contribution in [-0.4, -0.2) is 49.0 Å². The summed E-state index contributed by atoms with van der Waals surface area (Å²) in [7, 11) is -4.02. The summed E-state index contributed by atoms with van der Waals surface area (Å²) in [5.41, 5.74) is 0.309. The Labute approximate surface area is 116 Å². The Kier molecular flexibility index (Phi) is 5.63. The number of aromatic carboxylic acids is 1. The molecule has 0 aliphatic carbocycles. The smallest absolute Gasteiger partial charge is 0.335 e. The average molecular weight is 303 g/mol. The van der Waals surface area contributed by atoms with E-state index >= 15 is 0 Å². The number of aliphatic hydroxyl groups excluding tert-OH is 2. The Balaban J connectivity index is 3.28. The summed E-state index contributed by atoms with van der Waals surface area (Å²) in [5, 5.41) is 26.8. The summed E-state index contributed by atoms with van der Waals surface area (Å²) < 4.78 is 26.5. The normalized spacial score (nSPS) is 11.8. The Hall–Kier alpha value is -1.48. The minimum Gasteiger partial charge on any atom is -0.478 e. The van der Waals surface area contributed by atoms with E-state index < -0.39 is 35.2 Å². The van der Waals surface area contributed by atoms with E-state index in [4.69, 9.17) is 15.3 Å². The lowest BCUT2D eigenvalue weighted by Gasteiger charge is -2.16.